The van der Waals surface area contributed by atoms with E-state index in [1.807, 2.05) is 5.32 Å². The average molecular weight is 303 g/mol. The second-order valence-electron chi connectivity index (χ2n) is 3.88. The average Bonchev–Trinajstić information content (AvgIpc) is 2.40. The Hall–Kier alpha value is -2.69. The van der Waals surface area contributed by atoms with Crippen LogP contribution >= 0.6 is 0 Å². The summed E-state index contributed by atoms with van der Waals surface area (Å²) in [6.07, 6.45) is -0.464. The normalized spacial score (nSPS) is 11.1. The number of aliphatic carboxylic acids is 1. The van der Waals surface area contributed by atoms with Crippen LogP contribution in [-0.2, 0) is 24.0 Å². The molecule has 0 aliphatic heterocycles. The quantitative estimate of drug-likeness (QED) is 0.247. The summed E-state index contributed by atoms with van der Waals surface area (Å²) in [6.45, 7) is -1.50. The topological polar surface area (TPSA) is 194 Å². The Morgan fingerprint density at radius 1 is 1.00 bits per heavy atom. The predicted molar refractivity (Wildman–Crippen MR) is 68.5 cm³/mol. The molecule has 0 spiro atoms. The summed E-state index contributed by atoms with van der Waals surface area (Å²) in [4.78, 5) is 55.0. The molecule has 0 radical (unpaired) electrons. The molecule has 0 saturated carbocycles. The molecule has 0 aliphatic rings. The Labute approximate surface area is 119 Å². The van der Waals surface area contributed by atoms with Crippen molar-refractivity contribution in [2.75, 3.05) is 19.6 Å². The Kier molecular flexibility index (Phi) is 8.07. The molecular formula is C10H17N5O6. The van der Waals surface area contributed by atoms with Crippen LogP contribution in [0.4, 0.5) is 0 Å². The van der Waals surface area contributed by atoms with Gasteiger partial charge in [-0.1, -0.05) is 0 Å². The molecule has 11 heteroatoms. The third-order valence-electron chi connectivity index (χ3n) is 2.10. The van der Waals surface area contributed by atoms with Crippen LogP contribution in [0.1, 0.15) is 6.42 Å². The van der Waals surface area contributed by atoms with Gasteiger partial charge in [0.2, 0.25) is 23.6 Å². The van der Waals surface area contributed by atoms with Crippen LogP contribution < -0.4 is 27.4 Å². The summed E-state index contributed by atoms with van der Waals surface area (Å²) in [7, 11) is 0. The second kappa shape index (κ2) is 9.25. The minimum Gasteiger partial charge on any atom is -0.480 e. The van der Waals surface area contributed by atoms with Gasteiger partial charge in [0.15, 0.2) is 0 Å². The highest BCUT2D eigenvalue weighted by Crippen LogP contribution is 1.92. The zero-order valence-corrected chi connectivity index (χ0v) is 11.0. The largest absolute Gasteiger partial charge is 0.480 e. The van der Waals surface area contributed by atoms with Crippen LogP contribution in [0.3, 0.4) is 0 Å². The summed E-state index contributed by atoms with van der Waals surface area (Å²) in [5, 5.41) is 14.7. The van der Waals surface area contributed by atoms with Crippen molar-refractivity contribution < 1.29 is 29.1 Å². The van der Waals surface area contributed by atoms with E-state index >= 15 is 0 Å². The van der Waals surface area contributed by atoms with Gasteiger partial charge >= 0.3 is 5.97 Å². The van der Waals surface area contributed by atoms with Crippen LogP contribution in [0.2, 0.25) is 0 Å². The Morgan fingerprint density at radius 2 is 1.62 bits per heavy atom. The first-order chi connectivity index (χ1) is 9.76. The van der Waals surface area contributed by atoms with E-state index in [4.69, 9.17) is 16.6 Å². The molecule has 0 saturated heterocycles. The van der Waals surface area contributed by atoms with Crippen molar-refractivity contribution in [2.24, 2.45) is 11.5 Å². The summed E-state index contributed by atoms with van der Waals surface area (Å²) < 4.78 is 0. The number of nitrogens with two attached hydrogens (primary N) is 2. The van der Waals surface area contributed by atoms with Crippen LogP contribution in [0.5, 0.6) is 0 Å². The molecule has 0 rings (SSSR count). The molecule has 8 N–H and O–H groups in total. The van der Waals surface area contributed by atoms with E-state index < -0.39 is 55.2 Å². The predicted octanol–water partition coefficient (Wildman–Crippen LogP) is -4.38. The van der Waals surface area contributed by atoms with Gasteiger partial charge in [-0.15, -0.1) is 0 Å². The SMILES string of the molecule is NCC(=O)N[C@@H](CC(N)=O)C(=O)NCC(=O)NCC(=O)O. The van der Waals surface area contributed by atoms with Gasteiger partial charge in [-0.25, -0.2) is 0 Å². The number of nitrogens with one attached hydrogen (secondary N) is 3. The number of carbonyl (C=O) groups excluding carboxylic acids is 4. The van der Waals surface area contributed by atoms with Crippen LogP contribution in [0.25, 0.3) is 0 Å². The summed E-state index contributed by atoms with van der Waals surface area (Å²) in [5.41, 5.74) is 10.0. The molecule has 0 unspecified atom stereocenters. The Balaban J connectivity index is 4.39. The van der Waals surface area contributed by atoms with E-state index in [2.05, 4.69) is 10.6 Å². The summed E-state index contributed by atoms with van der Waals surface area (Å²) in [6, 6.07) is -1.26. The van der Waals surface area contributed by atoms with E-state index in [9.17, 15) is 24.0 Å². The van der Waals surface area contributed by atoms with Crippen LogP contribution in [0.15, 0.2) is 0 Å². The van der Waals surface area contributed by atoms with Gasteiger partial charge in [0.05, 0.1) is 19.5 Å². The third kappa shape index (κ3) is 8.93. The van der Waals surface area contributed by atoms with Gasteiger partial charge in [0.1, 0.15) is 12.6 Å². The molecule has 0 heterocycles. The Morgan fingerprint density at radius 3 is 2.10 bits per heavy atom. The number of carbonyl (C=O) groups is 5. The fraction of sp³-hybridized carbons (Fsp3) is 0.500. The molecule has 0 bridgehead atoms. The first-order valence-corrected chi connectivity index (χ1v) is 5.80. The molecule has 0 aromatic carbocycles. The zero-order valence-electron chi connectivity index (χ0n) is 11.0. The van der Waals surface area contributed by atoms with Crippen LogP contribution in [0, 0.1) is 0 Å². The zero-order chi connectivity index (χ0) is 16.4. The van der Waals surface area contributed by atoms with E-state index in [-0.39, 0.29) is 6.54 Å². The minimum atomic E-state index is -1.26. The highest BCUT2D eigenvalue weighted by molar-refractivity contribution is 5.94. The molecule has 11 nitrogen and oxygen atoms in total. The van der Waals surface area contributed by atoms with E-state index in [0.717, 1.165) is 0 Å². The number of hydrogen-bond donors (Lipinski definition) is 6. The van der Waals surface area contributed by atoms with E-state index in [0.29, 0.717) is 0 Å². The monoisotopic (exact) mass is 303 g/mol. The van der Waals surface area contributed by atoms with Crippen molar-refractivity contribution >= 4 is 29.6 Å². The van der Waals surface area contributed by atoms with Gasteiger partial charge in [0.25, 0.3) is 0 Å². The van der Waals surface area contributed by atoms with Crippen molar-refractivity contribution in [3.63, 3.8) is 0 Å². The van der Waals surface area contributed by atoms with Crippen molar-refractivity contribution in [3.8, 4) is 0 Å². The highest BCUT2D eigenvalue weighted by atomic mass is 16.4. The Bertz CT molecular complexity index is 438. The molecule has 0 aliphatic carbocycles. The number of carboxylic acid groups (broad SMARTS) is 1. The molecular weight excluding hydrogens is 286 g/mol. The van der Waals surface area contributed by atoms with E-state index in [1.54, 1.807) is 0 Å². The van der Waals surface area contributed by atoms with Gasteiger partial charge < -0.3 is 32.5 Å². The highest BCUT2D eigenvalue weighted by Gasteiger charge is 2.22. The maximum absolute atomic E-state index is 11.7. The molecule has 118 valence electrons. The van der Waals surface area contributed by atoms with E-state index in [1.165, 1.54) is 0 Å². The third-order valence-corrected chi connectivity index (χ3v) is 2.10. The number of hydrogen-bond acceptors (Lipinski definition) is 6. The number of primary amides is 1. The summed E-state index contributed by atoms with van der Waals surface area (Å²) >= 11 is 0. The molecule has 21 heavy (non-hydrogen) atoms. The van der Waals surface area contributed by atoms with Gasteiger partial charge in [-0.05, 0) is 0 Å². The van der Waals surface area contributed by atoms with Crippen molar-refractivity contribution in [3.05, 3.63) is 0 Å². The first kappa shape index (κ1) is 18.3. The lowest BCUT2D eigenvalue weighted by Gasteiger charge is -2.16. The molecule has 0 fully saturated rings. The first-order valence-electron chi connectivity index (χ1n) is 5.80. The van der Waals surface area contributed by atoms with Gasteiger partial charge in [-0.2, -0.15) is 0 Å². The molecule has 1 atom stereocenters. The maximum atomic E-state index is 11.7. The lowest BCUT2D eigenvalue weighted by atomic mass is 10.2. The lowest BCUT2D eigenvalue weighted by molar-refractivity contribution is -0.138. The fourth-order valence-corrected chi connectivity index (χ4v) is 1.19. The molecule has 0 aromatic heterocycles. The minimum absolute atomic E-state index is 0.387. The van der Waals surface area contributed by atoms with Crippen LogP contribution in [-0.4, -0.2) is 60.4 Å². The summed E-state index contributed by atoms with van der Waals surface area (Å²) in [5.74, 6) is -4.30. The lowest BCUT2D eigenvalue weighted by Crippen LogP contribution is -2.51. The molecule has 4 amide bonds. The second-order valence-corrected chi connectivity index (χ2v) is 3.88. The number of amides is 4. The van der Waals surface area contributed by atoms with Gasteiger partial charge in [-0.3, -0.25) is 24.0 Å². The molecule has 0 aromatic rings. The standard InChI is InChI=1S/C10H17N5O6/c11-2-7(17)15-5(1-6(12)16)10(21)14-3-8(18)13-4-9(19)20/h5H,1-4,11H2,(H2,12,16)(H,13,18)(H,14,21)(H,15,17)(H,19,20)/t5-/m0/s1. The maximum Gasteiger partial charge on any atom is 0.322 e. The van der Waals surface area contributed by atoms with Gasteiger partial charge in [0, 0.05) is 0 Å². The van der Waals surface area contributed by atoms with Crippen molar-refractivity contribution in [1.82, 2.24) is 16.0 Å². The van der Waals surface area contributed by atoms with Crippen molar-refractivity contribution in [2.45, 2.75) is 12.5 Å². The smallest absolute Gasteiger partial charge is 0.322 e. The number of carboxylic acids is 1. The number of rotatable bonds is 9. The fourth-order valence-electron chi connectivity index (χ4n) is 1.19. The van der Waals surface area contributed by atoms with Crippen molar-refractivity contribution in [1.29, 1.82) is 0 Å².